The van der Waals surface area contributed by atoms with Crippen LogP contribution in [-0.4, -0.2) is 36.9 Å². The smallest absolute Gasteiger partial charge is 0.387 e. The second-order valence-corrected chi connectivity index (χ2v) is 6.09. The number of nitrogens with zero attached hydrogens (tertiary/aromatic N) is 2. The standard InChI is InChI=1S/C19H17F2N3O4/c1-19(13-5-9-14(27-2)10-6-13)16(25)24(18(26)23-19)22-11-12-3-7-15(8-4-12)28-17(20)21/h3-11,17H,1-2H3,(H,23,26)/b22-11+. The van der Waals surface area contributed by atoms with Gasteiger partial charge in [0.15, 0.2) is 0 Å². The lowest BCUT2D eigenvalue weighted by atomic mass is 9.92. The Bertz CT molecular complexity index is 900. The summed E-state index contributed by atoms with van der Waals surface area (Å²) >= 11 is 0. The molecule has 1 unspecified atom stereocenters. The Labute approximate surface area is 159 Å². The molecule has 0 aromatic heterocycles. The molecular weight excluding hydrogens is 372 g/mol. The Morgan fingerprint density at radius 2 is 1.68 bits per heavy atom. The summed E-state index contributed by atoms with van der Waals surface area (Å²) in [6.45, 7) is -1.33. The van der Waals surface area contributed by atoms with Crippen LogP contribution < -0.4 is 14.8 Å². The summed E-state index contributed by atoms with van der Waals surface area (Å²) in [5.41, 5.74) is -0.187. The molecule has 146 valence electrons. The molecule has 7 nitrogen and oxygen atoms in total. The van der Waals surface area contributed by atoms with Crippen molar-refractivity contribution in [2.75, 3.05) is 7.11 Å². The van der Waals surface area contributed by atoms with E-state index in [1.165, 1.54) is 37.6 Å². The van der Waals surface area contributed by atoms with Crippen molar-refractivity contribution in [1.82, 2.24) is 10.3 Å². The Kier molecular flexibility index (Phi) is 5.25. The van der Waals surface area contributed by atoms with Crippen molar-refractivity contribution in [2.45, 2.75) is 19.1 Å². The first-order valence-electron chi connectivity index (χ1n) is 8.23. The second kappa shape index (κ2) is 7.63. The summed E-state index contributed by atoms with van der Waals surface area (Å²) in [6.07, 6.45) is 1.28. The van der Waals surface area contributed by atoms with Crippen LogP contribution in [-0.2, 0) is 10.3 Å². The summed E-state index contributed by atoms with van der Waals surface area (Å²) in [7, 11) is 1.53. The normalized spacial score (nSPS) is 19.4. The quantitative estimate of drug-likeness (QED) is 0.608. The molecule has 1 aliphatic rings. The molecule has 0 aliphatic carbocycles. The lowest BCUT2D eigenvalue weighted by Gasteiger charge is -2.21. The van der Waals surface area contributed by atoms with Gasteiger partial charge in [-0.15, -0.1) is 5.01 Å². The summed E-state index contributed by atoms with van der Waals surface area (Å²) in [5.74, 6) is 0.0732. The van der Waals surface area contributed by atoms with Crippen molar-refractivity contribution in [3.8, 4) is 11.5 Å². The Morgan fingerprint density at radius 1 is 1.07 bits per heavy atom. The summed E-state index contributed by atoms with van der Waals surface area (Å²) in [5, 5.41) is 7.29. The van der Waals surface area contributed by atoms with Gasteiger partial charge < -0.3 is 14.8 Å². The van der Waals surface area contributed by atoms with E-state index in [-0.39, 0.29) is 5.75 Å². The van der Waals surface area contributed by atoms with E-state index >= 15 is 0 Å². The van der Waals surface area contributed by atoms with Gasteiger partial charge in [0.05, 0.1) is 13.3 Å². The molecule has 28 heavy (non-hydrogen) atoms. The van der Waals surface area contributed by atoms with Gasteiger partial charge in [0.2, 0.25) is 0 Å². The van der Waals surface area contributed by atoms with Crippen LogP contribution in [0.3, 0.4) is 0 Å². The van der Waals surface area contributed by atoms with Gasteiger partial charge in [0.1, 0.15) is 17.0 Å². The summed E-state index contributed by atoms with van der Waals surface area (Å²) in [4.78, 5) is 25.0. The predicted molar refractivity (Wildman–Crippen MR) is 96.4 cm³/mol. The lowest BCUT2D eigenvalue weighted by molar-refractivity contribution is -0.131. The molecule has 3 amide bonds. The number of ether oxygens (including phenoxy) is 2. The van der Waals surface area contributed by atoms with Crippen LogP contribution in [0.25, 0.3) is 0 Å². The zero-order chi connectivity index (χ0) is 20.3. The third-order valence-corrected chi connectivity index (χ3v) is 4.26. The Morgan fingerprint density at radius 3 is 2.25 bits per heavy atom. The first kappa shape index (κ1) is 19.3. The van der Waals surface area contributed by atoms with E-state index in [2.05, 4.69) is 15.2 Å². The van der Waals surface area contributed by atoms with Gasteiger partial charge in [0.25, 0.3) is 5.91 Å². The number of hydrogen-bond donors (Lipinski definition) is 1. The molecule has 0 spiro atoms. The minimum absolute atomic E-state index is 0.00535. The molecule has 1 atom stereocenters. The number of alkyl halides is 2. The predicted octanol–water partition coefficient (Wildman–Crippen LogP) is 3.10. The highest BCUT2D eigenvalue weighted by molar-refractivity contribution is 6.07. The molecule has 0 radical (unpaired) electrons. The van der Waals surface area contributed by atoms with Crippen LogP contribution in [0.1, 0.15) is 18.1 Å². The number of urea groups is 1. The van der Waals surface area contributed by atoms with Gasteiger partial charge in [-0.3, -0.25) is 4.79 Å². The summed E-state index contributed by atoms with van der Waals surface area (Å²) < 4.78 is 33.7. The third kappa shape index (κ3) is 3.78. The molecule has 2 aromatic carbocycles. The summed E-state index contributed by atoms with van der Waals surface area (Å²) in [6, 6.07) is 11.7. The fourth-order valence-electron chi connectivity index (χ4n) is 2.71. The zero-order valence-corrected chi connectivity index (χ0v) is 15.1. The van der Waals surface area contributed by atoms with Gasteiger partial charge in [0, 0.05) is 0 Å². The first-order chi connectivity index (χ1) is 13.3. The van der Waals surface area contributed by atoms with E-state index in [1.807, 2.05) is 0 Å². The van der Waals surface area contributed by atoms with Crippen LogP contribution in [0, 0.1) is 0 Å². The minimum atomic E-state index is -2.92. The molecule has 2 aromatic rings. The number of carbonyl (C=O) groups is 2. The van der Waals surface area contributed by atoms with E-state index in [1.54, 1.807) is 31.2 Å². The number of hydrogen-bond acceptors (Lipinski definition) is 5. The number of halogens is 2. The number of methoxy groups -OCH3 is 1. The molecule has 0 bridgehead atoms. The number of nitrogens with one attached hydrogen (secondary N) is 1. The number of carbonyl (C=O) groups excluding carboxylic acids is 2. The van der Waals surface area contributed by atoms with Crippen molar-refractivity contribution in [1.29, 1.82) is 0 Å². The van der Waals surface area contributed by atoms with Gasteiger partial charge in [-0.2, -0.15) is 13.9 Å². The van der Waals surface area contributed by atoms with Crippen LogP contribution in [0.5, 0.6) is 11.5 Å². The highest BCUT2D eigenvalue weighted by atomic mass is 19.3. The van der Waals surface area contributed by atoms with Crippen molar-refractivity contribution in [3.63, 3.8) is 0 Å². The van der Waals surface area contributed by atoms with Gasteiger partial charge in [-0.05, 0) is 54.4 Å². The average molecular weight is 389 g/mol. The molecule has 1 saturated heterocycles. The maximum atomic E-state index is 12.8. The number of benzene rings is 2. The van der Waals surface area contributed by atoms with E-state index in [9.17, 15) is 18.4 Å². The van der Waals surface area contributed by atoms with Crippen molar-refractivity contribution in [2.24, 2.45) is 5.10 Å². The monoisotopic (exact) mass is 389 g/mol. The molecule has 1 heterocycles. The van der Waals surface area contributed by atoms with E-state index in [4.69, 9.17) is 4.74 Å². The maximum absolute atomic E-state index is 12.8. The number of imide groups is 1. The van der Waals surface area contributed by atoms with Crippen LogP contribution in [0.15, 0.2) is 53.6 Å². The molecule has 3 rings (SSSR count). The molecular formula is C19H17F2N3O4. The fraction of sp³-hybridized carbons (Fsp3) is 0.211. The maximum Gasteiger partial charge on any atom is 0.387 e. The van der Waals surface area contributed by atoms with E-state index in [0.29, 0.717) is 16.9 Å². The van der Waals surface area contributed by atoms with Gasteiger partial charge in [-0.1, -0.05) is 12.1 Å². The average Bonchev–Trinajstić information content (AvgIpc) is 2.90. The number of rotatable bonds is 6. The molecule has 1 N–H and O–H groups in total. The minimum Gasteiger partial charge on any atom is -0.497 e. The van der Waals surface area contributed by atoms with Crippen LogP contribution >= 0.6 is 0 Å². The van der Waals surface area contributed by atoms with Crippen LogP contribution in [0.4, 0.5) is 13.6 Å². The Balaban J connectivity index is 1.76. The van der Waals surface area contributed by atoms with Crippen molar-refractivity contribution in [3.05, 3.63) is 59.7 Å². The second-order valence-electron chi connectivity index (χ2n) is 6.09. The molecule has 9 heteroatoms. The molecule has 1 fully saturated rings. The van der Waals surface area contributed by atoms with Crippen molar-refractivity contribution < 1.29 is 27.8 Å². The number of hydrazone groups is 1. The molecule has 1 aliphatic heterocycles. The van der Waals surface area contributed by atoms with Crippen LogP contribution in [0.2, 0.25) is 0 Å². The Hall–Kier alpha value is -3.49. The fourth-order valence-corrected chi connectivity index (χ4v) is 2.71. The largest absolute Gasteiger partial charge is 0.497 e. The van der Waals surface area contributed by atoms with Gasteiger partial charge >= 0.3 is 12.6 Å². The lowest BCUT2D eigenvalue weighted by Crippen LogP contribution is -2.40. The number of amides is 3. The highest BCUT2D eigenvalue weighted by Gasteiger charge is 2.49. The highest BCUT2D eigenvalue weighted by Crippen LogP contribution is 2.30. The van der Waals surface area contributed by atoms with E-state index in [0.717, 1.165) is 5.01 Å². The third-order valence-electron chi connectivity index (χ3n) is 4.26. The molecule has 0 saturated carbocycles. The topological polar surface area (TPSA) is 80.2 Å². The first-order valence-corrected chi connectivity index (χ1v) is 8.23. The SMILES string of the molecule is COc1ccc(C2(C)NC(=O)N(/N=C/c3ccc(OC(F)F)cc3)C2=O)cc1. The van der Waals surface area contributed by atoms with Crippen molar-refractivity contribution >= 4 is 18.2 Å². The van der Waals surface area contributed by atoms with E-state index < -0.39 is 24.1 Å². The van der Waals surface area contributed by atoms with Gasteiger partial charge in [-0.25, -0.2) is 4.79 Å². The zero-order valence-electron chi connectivity index (χ0n) is 15.1.